The standard InChI is InChI=1S/C14H16BrN3/c1-10(11-5-3-6-12(16)9-11)18(2)14-13(15)7-4-8-17-14/h3-10H,16H2,1-2H3. The fourth-order valence-corrected chi connectivity index (χ4v) is 2.40. The monoisotopic (exact) mass is 305 g/mol. The minimum absolute atomic E-state index is 0.208. The van der Waals surface area contributed by atoms with Crippen LogP contribution in [0.1, 0.15) is 18.5 Å². The molecule has 0 fully saturated rings. The fraction of sp³-hybridized carbons (Fsp3) is 0.214. The van der Waals surface area contributed by atoms with Crippen LogP contribution in [0.3, 0.4) is 0 Å². The zero-order valence-electron chi connectivity index (χ0n) is 10.5. The normalized spacial score (nSPS) is 12.2. The van der Waals surface area contributed by atoms with Crippen LogP contribution in [0, 0.1) is 0 Å². The Kier molecular flexibility index (Phi) is 3.87. The predicted octanol–water partition coefficient (Wildman–Crippen LogP) is 3.62. The summed E-state index contributed by atoms with van der Waals surface area (Å²) >= 11 is 3.52. The highest BCUT2D eigenvalue weighted by Crippen LogP contribution is 2.29. The van der Waals surface area contributed by atoms with Crippen LogP contribution >= 0.6 is 15.9 Å². The van der Waals surface area contributed by atoms with Gasteiger partial charge in [-0.3, -0.25) is 0 Å². The molecule has 1 aromatic carbocycles. The number of hydrogen-bond donors (Lipinski definition) is 1. The van der Waals surface area contributed by atoms with E-state index >= 15 is 0 Å². The van der Waals surface area contributed by atoms with Gasteiger partial charge in [0.25, 0.3) is 0 Å². The molecule has 1 aromatic heterocycles. The van der Waals surface area contributed by atoms with Gasteiger partial charge in [-0.2, -0.15) is 0 Å². The first-order valence-electron chi connectivity index (χ1n) is 5.78. The number of nitrogen functional groups attached to an aromatic ring is 1. The third kappa shape index (κ3) is 2.64. The molecule has 0 aliphatic carbocycles. The summed E-state index contributed by atoms with van der Waals surface area (Å²) in [5, 5.41) is 0. The van der Waals surface area contributed by atoms with Crippen molar-refractivity contribution in [2.24, 2.45) is 0 Å². The highest BCUT2D eigenvalue weighted by molar-refractivity contribution is 9.10. The first kappa shape index (κ1) is 12.9. The molecule has 0 saturated heterocycles. The number of nitrogens with zero attached hydrogens (tertiary/aromatic N) is 2. The molecule has 3 nitrogen and oxygen atoms in total. The Morgan fingerprint density at radius 1 is 1.28 bits per heavy atom. The minimum atomic E-state index is 0.208. The second-order valence-corrected chi connectivity index (χ2v) is 5.12. The lowest BCUT2D eigenvalue weighted by atomic mass is 10.1. The SMILES string of the molecule is CC(c1cccc(N)c1)N(C)c1ncccc1Br. The quantitative estimate of drug-likeness (QED) is 0.881. The molecule has 0 aliphatic rings. The van der Waals surface area contributed by atoms with Crippen LogP contribution in [0.2, 0.25) is 0 Å². The van der Waals surface area contributed by atoms with Gasteiger partial charge in [-0.05, 0) is 52.7 Å². The van der Waals surface area contributed by atoms with E-state index in [0.717, 1.165) is 16.0 Å². The molecule has 2 rings (SSSR count). The number of hydrogen-bond acceptors (Lipinski definition) is 3. The molecule has 0 spiro atoms. The second-order valence-electron chi connectivity index (χ2n) is 4.27. The van der Waals surface area contributed by atoms with Gasteiger partial charge in [-0.15, -0.1) is 0 Å². The van der Waals surface area contributed by atoms with Crippen LogP contribution in [0.5, 0.6) is 0 Å². The zero-order valence-corrected chi connectivity index (χ0v) is 12.1. The summed E-state index contributed by atoms with van der Waals surface area (Å²) in [6, 6.07) is 12.1. The van der Waals surface area contributed by atoms with E-state index in [1.165, 1.54) is 5.56 Å². The van der Waals surface area contributed by atoms with E-state index in [4.69, 9.17) is 5.73 Å². The molecular weight excluding hydrogens is 290 g/mol. The predicted molar refractivity (Wildman–Crippen MR) is 79.6 cm³/mol. The van der Waals surface area contributed by atoms with Crippen molar-refractivity contribution in [3.63, 3.8) is 0 Å². The van der Waals surface area contributed by atoms with Crippen LogP contribution in [0.4, 0.5) is 11.5 Å². The van der Waals surface area contributed by atoms with Gasteiger partial charge in [-0.25, -0.2) is 4.98 Å². The minimum Gasteiger partial charge on any atom is -0.399 e. The summed E-state index contributed by atoms with van der Waals surface area (Å²) in [5.74, 6) is 0.924. The number of nitrogens with two attached hydrogens (primary N) is 1. The van der Waals surface area contributed by atoms with Crippen molar-refractivity contribution in [1.29, 1.82) is 0 Å². The van der Waals surface area contributed by atoms with Gasteiger partial charge in [0.15, 0.2) is 0 Å². The summed E-state index contributed by atoms with van der Waals surface area (Å²) in [7, 11) is 2.03. The molecule has 0 saturated carbocycles. The van der Waals surface area contributed by atoms with Crippen molar-refractivity contribution in [2.75, 3.05) is 17.7 Å². The van der Waals surface area contributed by atoms with Gasteiger partial charge >= 0.3 is 0 Å². The van der Waals surface area contributed by atoms with Crippen molar-refractivity contribution in [1.82, 2.24) is 4.98 Å². The molecule has 0 amide bonds. The maximum absolute atomic E-state index is 5.82. The van der Waals surface area contributed by atoms with Crippen LogP contribution in [-0.2, 0) is 0 Å². The van der Waals surface area contributed by atoms with E-state index in [0.29, 0.717) is 0 Å². The number of anilines is 2. The van der Waals surface area contributed by atoms with Crippen molar-refractivity contribution in [3.05, 3.63) is 52.6 Å². The Bertz CT molecular complexity index is 542. The Hall–Kier alpha value is -1.55. The van der Waals surface area contributed by atoms with Crippen LogP contribution in [-0.4, -0.2) is 12.0 Å². The largest absolute Gasteiger partial charge is 0.399 e. The first-order chi connectivity index (χ1) is 8.59. The van der Waals surface area contributed by atoms with Gasteiger partial charge < -0.3 is 10.6 Å². The summed E-state index contributed by atoms with van der Waals surface area (Å²) in [6.45, 7) is 2.13. The molecule has 0 bridgehead atoms. The van der Waals surface area contributed by atoms with Crippen molar-refractivity contribution in [3.8, 4) is 0 Å². The Morgan fingerprint density at radius 3 is 2.72 bits per heavy atom. The molecule has 4 heteroatoms. The van der Waals surface area contributed by atoms with Gasteiger partial charge in [0.05, 0.1) is 10.5 Å². The van der Waals surface area contributed by atoms with Crippen LogP contribution in [0.15, 0.2) is 47.1 Å². The molecule has 2 N–H and O–H groups in total. The molecule has 18 heavy (non-hydrogen) atoms. The third-order valence-corrected chi connectivity index (χ3v) is 3.67. The summed E-state index contributed by atoms with van der Waals surface area (Å²) in [4.78, 5) is 6.52. The number of rotatable bonds is 3. The Morgan fingerprint density at radius 2 is 2.06 bits per heavy atom. The highest BCUT2D eigenvalue weighted by Gasteiger charge is 2.15. The van der Waals surface area contributed by atoms with E-state index < -0.39 is 0 Å². The second kappa shape index (κ2) is 5.40. The summed E-state index contributed by atoms with van der Waals surface area (Å²) < 4.78 is 0.989. The summed E-state index contributed by atoms with van der Waals surface area (Å²) in [5.41, 5.74) is 7.78. The van der Waals surface area contributed by atoms with Crippen molar-refractivity contribution >= 4 is 27.4 Å². The Labute approximate surface area is 116 Å². The average Bonchev–Trinajstić information content (AvgIpc) is 2.37. The summed E-state index contributed by atoms with van der Waals surface area (Å²) in [6.07, 6.45) is 1.79. The number of aromatic nitrogens is 1. The smallest absolute Gasteiger partial charge is 0.143 e. The van der Waals surface area contributed by atoms with E-state index in [2.05, 4.69) is 38.8 Å². The molecular formula is C14H16BrN3. The average molecular weight is 306 g/mol. The lowest BCUT2D eigenvalue weighted by Crippen LogP contribution is -2.23. The van der Waals surface area contributed by atoms with Crippen molar-refractivity contribution < 1.29 is 0 Å². The lowest BCUT2D eigenvalue weighted by molar-refractivity contribution is 0.727. The topological polar surface area (TPSA) is 42.1 Å². The third-order valence-electron chi connectivity index (χ3n) is 3.05. The lowest BCUT2D eigenvalue weighted by Gasteiger charge is -2.27. The van der Waals surface area contributed by atoms with Crippen LogP contribution in [0.25, 0.3) is 0 Å². The molecule has 1 atom stereocenters. The van der Waals surface area contributed by atoms with E-state index in [9.17, 15) is 0 Å². The molecule has 94 valence electrons. The van der Waals surface area contributed by atoms with Gasteiger partial charge in [0, 0.05) is 18.9 Å². The highest BCUT2D eigenvalue weighted by atomic mass is 79.9. The van der Waals surface area contributed by atoms with Gasteiger partial charge in [0.1, 0.15) is 5.82 Å². The maximum Gasteiger partial charge on any atom is 0.143 e. The molecule has 0 radical (unpaired) electrons. The number of halogens is 1. The maximum atomic E-state index is 5.82. The zero-order chi connectivity index (χ0) is 13.1. The van der Waals surface area contributed by atoms with E-state index in [1.54, 1.807) is 6.20 Å². The number of benzene rings is 1. The fourth-order valence-electron chi connectivity index (χ4n) is 1.86. The van der Waals surface area contributed by atoms with E-state index in [-0.39, 0.29) is 6.04 Å². The molecule has 0 aliphatic heterocycles. The first-order valence-corrected chi connectivity index (χ1v) is 6.57. The molecule has 2 aromatic rings. The van der Waals surface area contributed by atoms with E-state index in [1.807, 2.05) is 37.4 Å². The number of pyridine rings is 1. The molecule has 1 heterocycles. The molecule has 1 unspecified atom stereocenters. The Balaban J connectivity index is 2.29. The van der Waals surface area contributed by atoms with Gasteiger partial charge in [0.2, 0.25) is 0 Å². The van der Waals surface area contributed by atoms with Crippen LogP contribution < -0.4 is 10.6 Å². The van der Waals surface area contributed by atoms with Crippen molar-refractivity contribution in [2.45, 2.75) is 13.0 Å². The van der Waals surface area contributed by atoms with Gasteiger partial charge in [-0.1, -0.05) is 12.1 Å².